The summed E-state index contributed by atoms with van der Waals surface area (Å²) in [6, 6.07) is 4.10. The molecule has 0 aliphatic carbocycles. The molecule has 0 N–H and O–H groups in total. The lowest BCUT2D eigenvalue weighted by Crippen LogP contribution is -2.07. The standard InChI is InChI=1S/C17H25NO3/c1-14(2)20-11-6-12-21-17(19)8-5-4-7-16-10-9-15(3)18-13-16/h9-10,13H,1,4-8,11-12H2,2-3H3. The van der Waals surface area contributed by atoms with E-state index in [1.54, 1.807) is 6.92 Å². The molecule has 0 atom stereocenters. The smallest absolute Gasteiger partial charge is 0.305 e. The minimum atomic E-state index is -0.132. The van der Waals surface area contributed by atoms with Crippen molar-refractivity contribution in [1.29, 1.82) is 0 Å². The van der Waals surface area contributed by atoms with Gasteiger partial charge in [0.2, 0.25) is 0 Å². The van der Waals surface area contributed by atoms with Crippen molar-refractivity contribution in [2.75, 3.05) is 13.2 Å². The van der Waals surface area contributed by atoms with Crippen LogP contribution in [0.1, 0.15) is 43.9 Å². The monoisotopic (exact) mass is 291 g/mol. The fraction of sp³-hybridized carbons (Fsp3) is 0.529. The van der Waals surface area contributed by atoms with Crippen molar-refractivity contribution in [3.63, 3.8) is 0 Å². The van der Waals surface area contributed by atoms with Crippen LogP contribution >= 0.6 is 0 Å². The Morgan fingerprint density at radius 2 is 1.95 bits per heavy atom. The summed E-state index contributed by atoms with van der Waals surface area (Å²) in [5, 5.41) is 0. The summed E-state index contributed by atoms with van der Waals surface area (Å²) in [6.45, 7) is 8.36. The average Bonchev–Trinajstić information content (AvgIpc) is 2.45. The summed E-state index contributed by atoms with van der Waals surface area (Å²) in [6.07, 6.45) is 5.84. The number of carbonyl (C=O) groups excluding carboxylic acids is 1. The first-order valence-corrected chi connectivity index (χ1v) is 7.43. The van der Waals surface area contributed by atoms with Crippen molar-refractivity contribution in [1.82, 2.24) is 4.98 Å². The maximum Gasteiger partial charge on any atom is 0.305 e. The molecule has 4 nitrogen and oxygen atoms in total. The molecule has 0 spiro atoms. The van der Waals surface area contributed by atoms with E-state index in [9.17, 15) is 4.79 Å². The molecule has 0 aromatic carbocycles. The maximum atomic E-state index is 11.5. The van der Waals surface area contributed by atoms with Crippen molar-refractivity contribution in [3.05, 3.63) is 41.9 Å². The number of pyridine rings is 1. The van der Waals surface area contributed by atoms with Crippen LogP contribution in [0.4, 0.5) is 0 Å². The predicted molar refractivity (Wildman–Crippen MR) is 82.9 cm³/mol. The predicted octanol–water partition coefficient (Wildman–Crippen LogP) is 3.59. The number of unbranched alkanes of at least 4 members (excludes halogenated alkanes) is 1. The normalized spacial score (nSPS) is 10.2. The van der Waals surface area contributed by atoms with Crippen molar-refractivity contribution in [2.24, 2.45) is 0 Å². The van der Waals surface area contributed by atoms with Gasteiger partial charge < -0.3 is 9.47 Å². The van der Waals surface area contributed by atoms with E-state index in [-0.39, 0.29) is 5.97 Å². The van der Waals surface area contributed by atoms with E-state index in [1.807, 2.05) is 19.2 Å². The summed E-state index contributed by atoms with van der Waals surface area (Å²) >= 11 is 0. The first kappa shape index (κ1) is 17.2. The highest BCUT2D eigenvalue weighted by atomic mass is 16.5. The molecule has 0 amide bonds. The van der Waals surface area contributed by atoms with Gasteiger partial charge in [-0.1, -0.05) is 12.6 Å². The molecular formula is C17H25NO3. The Labute approximate surface area is 127 Å². The van der Waals surface area contributed by atoms with Gasteiger partial charge in [-0.05, 0) is 44.7 Å². The van der Waals surface area contributed by atoms with E-state index < -0.39 is 0 Å². The first-order chi connectivity index (χ1) is 10.1. The van der Waals surface area contributed by atoms with E-state index in [0.29, 0.717) is 31.8 Å². The average molecular weight is 291 g/mol. The van der Waals surface area contributed by atoms with Gasteiger partial charge in [0, 0.05) is 24.7 Å². The molecule has 1 aromatic heterocycles. The quantitative estimate of drug-likeness (QED) is 0.375. The van der Waals surface area contributed by atoms with E-state index in [4.69, 9.17) is 9.47 Å². The highest BCUT2D eigenvalue weighted by Gasteiger charge is 2.03. The second kappa shape index (κ2) is 9.97. The molecule has 0 unspecified atom stereocenters. The van der Waals surface area contributed by atoms with Gasteiger partial charge in [0.1, 0.15) is 0 Å². The molecule has 1 rings (SSSR count). The summed E-state index contributed by atoms with van der Waals surface area (Å²) in [7, 11) is 0. The molecular weight excluding hydrogens is 266 g/mol. The second-order valence-electron chi connectivity index (χ2n) is 5.14. The second-order valence-corrected chi connectivity index (χ2v) is 5.14. The highest BCUT2D eigenvalue weighted by Crippen LogP contribution is 2.07. The van der Waals surface area contributed by atoms with Gasteiger partial charge in [0.25, 0.3) is 0 Å². The molecule has 21 heavy (non-hydrogen) atoms. The molecule has 0 radical (unpaired) electrons. The van der Waals surface area contributed by atoms with Crippen LogP contribution in [0.25, 0.3) is 0 Å². The SMILES string of the molecule is C=C(C)OCCCOC(=O)CCCCc1ccc(C)nc1. The Hall–Kier alpha value is -1.84. The Morgan fingerprint density at radius 1 is 1.19 bits per heavy atom. The lowest BCUT2D eigenvalue weighted by molar-refractivity contribution is -0.144. The number of esters is 1. The summed E-state index contributed by atoms with van der Waals surface area (Å²) < 4.78 is 10.3. The van der Waals surface area contributed by atoms with Crippen LogP contribution in [0.2, 0.25) is 0 Å². The summed E-state index contributed by atoms with van der Waals surface area (Å²) in [5.41, 5.74) is 2.24. The van der Waals surface area contributed by atoms with Gasteiger partial charge in [-0.3, -0.25) is 9.78 Å². The molecule has 0 saturated heterocycles. The minimum Gasteiger partial charge on any atom is -0.499 e. The largest absolute Gasteiger partial charge is 0.499 e. The third-order valence-corrected chi connectivity index (χ3v) is 2.97. The van der Waals surface area contributed by atoms with E-state index in [1.165, 1.54) is 5.56 Å². The van der Waals surface area contributed by atoms with Crippen molar-refractivity contribution in [2.45, 2.75) is 46.0 Å². The molecule has 1 aromatic rings. The first-order valence-electron chi connectivity index (χ1n) is 7.43. The Bertz CT molecular complexity index is 440. The number of hydrogen-bond acceptors (Lipinski definition) is 4. The number of nitrogens with zero attached hydrogens (tertiary/aromatic N) is 1. The maximum absolute atomic E-state index is 11.5. The highest BCUT2D eigenvalue weighted by molar-refractivity contribution is 5.69. The zero-order chi connectivity index (χ0) is 15.5. The number of carbonyl (C=O) groups is 1. The van der Waals surface area contributed by atoms with E-state index >= 15 is 0 Å². The van der Waals surface area contributed by atoms with Gasteiger partial charge >= 0.3 is 5.97 Å². The zero-order valence-electron chi connectivity index (χ0n) is 13.1. The number of ether oxygens (including phenoxy) is 2. The molecule has 0 bridgehead atoms. The fourth-order valence-corrected chi connectivity index (χ4v) is 1.81. The van der Waals surface area contributed by atoms with Crippen LogP contribution in [0, 0.1) is 6.92 Å². The molecule has 0 aliphatic rings. The molecule has 116 valence electrons. The number of rotatable bonds is 10. The summed E-state index contributed by atoms with van der Waals surface area (Å²) in [4.78, 5) is 15.8. The molecule has 0 saturated carbocycles. The van der Waals surface area contributed by atoms with Crippen molar-refractivity contribution < 1.29 is 14.3 Å². The van der Waals surface area contributed by atoms with Gasteiger partial charge in [-0.25, -0.2) is 0 Å². The molecule has 0 fully saturated rings. The van der Waals surface area contributed by atoms with Crippen molar-refractivity contribution >= 4 is 5.97 Å². The summed E-state index contributed by atoms with van der Waals surface area (Å²) in [5.74, 6) is 0.555. The number of hydrogen-bond donors (Lipinski definition) is 0. The minimum absolute atomic E-state index is 0.132. The topological polar surface area (TPSA) is 48.4 Å². The van der Waals surface area contributed by atoms with Crippen molar-refractivity contribution in [3.8, 4) is 0 Å². The van der Waals surface area contributed by atoms with Crippen LogP contribution < -0.4 is 0 Å². The fourth-order valence-electron chi connectivity index (χ4n) is 1.81. The van der Waals surface area contributed by atoms with Crippen LogP contribution in [0.5, 0.6) is 0 Å². The van der Waals surface area contributed by atoms with Crippen LogP contribution in [0.15, 0.2) is 30.7 Å². The van der Waals surface area contributed by atoms with Gasteiger partial charge in [0.15, 0.2) is 0 Å². The van der Waals surface area contributed by atoms with Crippen LogP contribution in [-0.2, 0) is 20.7 Å². The number of aryl methyl sites for hydroxylation is 2. The molecule has 4 heteroatoms. The third-order valence-electron chi connectivity index (χ3n) is 2.97. The zero-order valence-corrected chi connectivity index (χ0v) is 13.1. The molecule has 0 aliphatic heterocycles. The van der Waals surface area contributed by atoms with Gasteiger partial charge in [-0.15, -0.1) is 0 Å². The van der Waals surface area contributed by atoms with Crippen LogP contribution in [0.3, 0.4) is 0 Å². The lowest BCUT2D eigenvalue weighted by Gasteiger charge is -2.06. The van der Waals surface area contributed by atoms with E-state index in [2.05, 4.69) is 17.6 Å². The van der Waals surface area contributed by atoms with Gasteiger partial charge in [-0.2, -0.15) is 0 Å². The Kier molecular flexibility index (Phi) is 8.17. The molecule has 1 heterocycles. The Morgan fingerprint density at radius 3 is 2.62 bits per heavy atom. The Balaban J connectivity index is 2.00. The third kappa shape index (κ3) is 8.84. The van der Waals surface area contributed by atoms with Crippen LogP contribution in [-0.4, -0.2) is 24.2 Å². The number of aromatic nitrogens is 1. The lowest BCUT2D eigenvalue weighted by atomic mass is 10.1. The van der Waals surface area contributed by atoms with E-state index in [0.717, 1.165) is 25.0 Å². The van der Waals surface area contributed by atoms with Gasteiger partial charge in [0.05, 0.1) is 19.0 Å². The number of allylic oxidation sites excluding steroid dienone is 1.